The Hall–Kier alpha value is -0.590. The summed E-state index contributed by atoms with van der Waals surface area (Å²) in [5.41, 5.74) is -0.926. The van der Waals surface area contributed by atoms with Gasteiger partial charge < -0.3 is 9.67 Å². The first kappa shape index (κ1) is 11.9. The Labute approximate surface area is 97.1 Å². The third kappa shape index (κ3) is 1.97. The van der Waals surface area contributed by atoms with Crippen molar-refractivity contribution in [1.82, 2.24) is 0 Å². The molecule has 0 aliphatic carbocycles. The first-order chi connectivity index (χ1) is 7.44. The number of rotatable bonds is 2. The number of hydrogen-bond donors (Lipinski definition) is 1. The lowest BCUT2D eigenvalue weighted by Crippen LogP contribution is -2.36. The van der Waals surface area contributed by atoms with E-state index >= 15 is 0 Å². The van der Waals surface area contributed by atoms with Crippen molar-refractivity contribution in [2.75, 3.05) is 6.16 Å². The van der Waals surface area contributed by atoms with Crippen molar-refractivity contribution in [2.45, 2.75) is 37.9 Å². The van der Waals surface area contributed by atoms with E-state index in [0.717, 1.165) is 24.3 Å². The maximum atomic E-state index is 13.0. The third-order valence-corrected chi connectivity index (χ3v) is 7.53. The zero-order chi connectivity index (χ0) is 11.8. The van der Waals surface area contributed by atoms with E-state index in [1.54, 1.807) is 13.8 Å². The highest BCUT2D eigenvalue weighted by Gasteiger charge is 2.46. The molecule has 1 N–H and O–H groups in total. The van der Waals surface area contributed by atoms with Crippen LogP contribution in [0.1, 0.15) is 26.7 Å². The van der Waals surface area contributed by atoms with E-state index < -0.39 is 12.7 Å². The lowest BCUT2D eigenvalue weighted by Gasteiger charge is -2.31. The minimum atomic E-state index is -2.40. The van der Waals surface area contributed by atoms with Crippen LogP contribution in [0.15, 0.2) is 30.3 Å². The molecule has 1 heterocycles. The van der Waals surface area contributed by atoms with Gasteiger partial charge in [-0.2, -0.15) is 0 Å². The predicted octanol–water partition coefficient (Wildman–Crippen LogP) is 2.61. The Bertz CT molecular complexity index is 406. The molecule has 1 aliphatic heterocycles. The fourth-order valence-electron chi connectivity index (χ4n) is 2.74. The predicted molar refractivity (Wildman–Crippen MR) is 67.9 cm³/mol. The molecule has 0 saturated carbocycles. The molecular formula is C13H19O2P. The van der Waals surface area contributed by atoms with Gasteiger partial charge in [-0.05, 0) is 26.7 Å². The van der Waals surface area contributed by atoms with Crippen molar-refractivity contribution in [3.8, 4) is 0 Å². The van der Waals surface area contributed by atoms with Gasteiger partial charge in [0.15, 0.2) is 0 Å². The topological polar surface area (TPSA) is 37.3 Å². The van der Waals surface area contributed by atoms with Crippen LogP contribution in [0.25, 0.3) is 0 Å². The normalized spacial score (nSPS) is 30.6. The van der Waals surface area contributed by atoms with Crippen LogP contribution in [0.2, 0.25) is 0 Å². The molecule has 1 aromatic rings. The molecule has 0 spiro atoms. The average Bonchev–Trinajstić information content (AvgIpc) is 2.63. The van der Waals surface area contributed by atoms with Crippen molar-refractivity contribution >= 4 is 12.4 Å². The van der Waals surface area contributed by atoms with Crippen molar-refractivity contribution in [1.29, 1.82) is 0 Å². The van der Waals surface area contributed by atoms with Gasteiger partial charge in [-0.3, -0.25) is 0 Å². The van der Waals surface area contributed by atoms with E-state index in [4.69, 9.17) is 0 Å². The second-order valence-corrected chi connectivity index (χ2v) is 8.34. The van der Waals surface area contributed by atoms with Gasteiger partial charge in [-0.1, -0.05) is 30.3 Å². The molecular weight excluding hydrogens is 219 g/mol. The molecule has 0 aromatic heterocycles. The van der Waals surface area contributed by atoms with Gasteiger partial charge in [0.2, 0.25) is 0 Å². The van der Waals surface area contributed by atoms with Crippen LogP contribution in [-0.4, -0.2) is 22.5 Å². The highest BCUT2D eigenvalue weighted by molar-refractivity contribution is 7.72. The maximum Gasteiger partial charge on any atom is 0.121 e. The van der Waals surface area contributed by atoms with Crippen LogP contribution in [0.5, 0.6) is 0 Å². The molecule has 2 rings (SSSR count). The number of benzene rings is 1. The first-order valence-corrected chi connectivity index (χ1v) is 7.77. The first-order valence-electron chi connectivity index (χ1n) is 5.81. The third-order valence-electron chi connectivity index (χ3n) is 3.48. The van der Waals surface area contributed by atoms with E-state index in [-0.39, 0.29) is 5.66 Å². The van der Waals surface area contributed by atoms with Crippen LogP contribution in [0, 0.1) is 0 Å². The summed E-state index contributed by atoms with van der Waals surface area (Å²) in [6, 6.07) is 9.66. The van der Waals surface area contributed by atoms with Gasteiger partial charge in [0.05, 0.1) is 5.60 Å². The lowest BCUT2D eigenvalue weighted by atomic mass is 10.0. The number of aliphatic hydroxyl groups is 1. The quantitative estimate of drug-likeness (QED) is 0.804. The van der Waals surface area contributed by atoms with Gasteiger partial charge in [-0.25, -0.2) is 0 Å². The summed E-state index contributed by atoms with van der Waals surface area (Å²) < 4.78 is 13.0. The van der Waals surface area contributed by atoms with E-state index in [2.05, 4.69) is 0 Å². The van der Waals surface area contributed by atoms with Gasteiger partial charge in [0, 0.05) is 17.1 Å². The summed E-state index contributed by atoms with van der Waals surface area (Å²) >= 11 is 0. The second-order valence-electron chi connectivity index (χ2n) is 5.17. The Morgan fingerprint density at radius 2 is 1.94 bits per heavy atom. The lowest BCUT2D eigenvalue weighted by molar-refractivity contribution is 0.0744. The zero-order valence-corrected chi connectivity index (χ0v) is 10.8. The molecule has 88 valence electrons. The van der Waals surface area contributed by atoms with E-state index in [9.17, 15) is 9.67 Å². The minimum Gasteiger partial charge on any atom is -0.390 e. The molecule has 1 fully saturated rings. The van der Waals surface area contributed by atoms with Crippen molar-refractivity contribution < 1.29 is 9.67 Å². The molecule has 2 atom stereocenters. The number of hydrogen-bond acceptors (Lipinski definition) is 2. The van der Waals surface area contributed by atoms with E-state index in [0.29, 0.717) is 0 Å². The van der Waals surface area contributed by atoms with Crippen molar-refractivity contribution in [3.05, 3.63) is 30.3 Å². The molecule has 1 saturated heterocycles. The van der Waals surface area contributed by atoms with Gasteiger partial charge >= 0.3 is 0 Å². The maximum absolute atomic E-state index is 13.0. The molecule has 1 aromatic carbocycles. The summed E-state index contributed by atoms with van der Waals surface area (Å²) in [5.74, 6) is 0. The fraction of sp³-hybridized carbons (Fsp3) is 0.538. The highest BCUT2D eigenvalue weighted by Crippen LogP contribution is 2.60. The summed E-state index contributed by atoms with van der Waals surface area (Å²) in [4.78, 5) is 0. The summed E-state index contributed by atoms with van der Waals surface area (Å²) in [7, 11) is -2.40. The summed E-state index contributed by atoms with van der Waals surface area (Å²) in [6.45, 7) is 3.55. The zero-order valence-electron chi connectivity index (χ0n) is 9.89. The largest absolute Gasteiger partial charge is 0.390 e. The average molecular weight is 238 g/mol. The fourth-order valence-corrected chi connectivity index (χ4v) is 6.62. The van der Waals surface area contributed by atoms with Crippen LogP contribution >= 0.6 is 7.14 Å². The molecule has 0 amide bonds. The smallest absolute Gasteiger partial charge is 0.121 e. The van der Waals surface area contributed by atoms with Crippen LogP contribution in [0.3, 0.4) is 0 Å². The van der Waals surface area contributed by atoms with Gasteiger partial charge in [0.1, 0.15) is 7.14 Å². The summed E-state index contributed by atoms with van der Waals surface area (Å²) in [5, 5.41) is 11.1. The SMILES string of the molecule is CC(C)(O)[C@@H]1CCCP1(=O)c1ccccc1. The van der Waals surface area contributed by atoms with Gasteiger partial charge in [0.25, 0.3) is 0 Å². The second kappa shape index (κ2) is 4.01. The minimum absolute atomic E-state index is 0.0811. The molecule has 1 unspecified atom stereocenters. The van der Waals surface area contributed by atoms with Crippen LogP contribution in [0.4, 0.5) is 0 Å². The molecule has 2 nitrogen and oxygen atoms in total. The van der Waals surface area contributed by atoms with Crippen molar-refractivity contribution in [2.24, 2.45) is 0 Å². The Balaban J connectivity index is 2.42. The van der Waals surface area contributed by atoms with Crippen molar-refractivity contribution in [3.63, 3.8) is 0 Å². The Morgan fingerprint density at radius 1 is 1.31 bits per heavy atom. The molecule has 1 aliphatic rings. The molecule has 0 radical (unpaired) electrons. The Morgan fingerprint density at radius 3 is 2.50 bits per heavy atom. The standard InChI is InChI=1S/C13H19O2P/c1-13(2,14)12-9-6-10-16(12,15)11-7-4-3-5-8-11/h3-5,7-8,12,14H,6,9-10H2,1-2H3/t12-,16?/m0/s1. The van der Waals surface area contributed by atoms with Crippen LogP contribution < -0.4 is 5.30 Å². The van der Waals surface area contributed by atoms with Crippen LogP contribution in [-0.2, 0) is 4.57 Å². The van der Waals surface area contributed by atoms with E-state index in [1.807, 2.05) is 30.3 Å². The molecule has 16 heavy (non-hydrogen) atoms. The summed E-state index contributed by atoms with van der Waals surface area (Å²) in [6.07, 6.45) is 2.57. The van der Waals surface area contributed by atoms with E-state index in [1.165, 1.54) is 0 Å². The Kier molecular flexibility index (Phi) is 2.98. The highest BCUT2D eigenvalue weighted by atomic mass is 31.2. The molecule has 3 heteroatoms. The monoisotopic (exact) mass is 238 g/mol. The molecule has 0 bridgehead atoms. The van der Waals surface area contributed by atoms with Gasteiger partial charge in [-0.15, -0.1) is 0 Å².